The minimum absolute atomic E-state index is 0.142. The number of nitrogens with zero attached hydrogens (tertiary/aromatic N) is 7. The zero-order valence-electron chi connectivity index (χ0n) is 16.1. The Balaban J connectivity index is 0.000000225. The molecule has 0 amide bonds. The Bertz CT molecular complexity index is 1230. The van der Waals surface area contributed by atoms with Crippen LogP contribution in [0.3, 0.4) is 0 Å². The summed E-state index contributed by atoms with van der Waals surface area (Å²) in [5.74, 6) is 0.142. The number of ether oxygens (including phenoxy) is 1. The number of aliphatic hydroxyl groups is 2. The Morgan fingerprint density at radius 1 is 1.16 bits per heavy atom. The molecule has 0 saturated carbocycles. The first-order chi connectivity index (χ1) is 15.2. The number of anilines is 1. The number of hydrogen-bond acceptors (Lipinski definition) is 12. The number of nitrogen functional groups attached to an aromatic ring is 1. The number of nitrogens with two attached hydrogens (primary N) is 1. The highest BCUT2D eigenvalue weighted by Crippen LogP contribution is 2.38. The molecule has 170 valence electrons. The molecule has 1 aliphatic rings. The van der Waals surface area contributed by atoms with Gasteiger partial charge in [-0.2, -0.15) is 0 Å². The van der Waals surface area contributed by atoms with Crippen molar-refractivity contribution in [2.24, 2.45) is 0 Å². The first kappa shape index (κ1) is 22.1. The lowest BCUT2D eigenvalue weighted by Crippen LogP contribution is -2.33. The minimum atomic E-state index is -4.72. The van der Waals surface area contributed by atoms with E-state index in [2.05, 4.69) is 39.4 Å². The summed E-state index contributed by atoms with van der Waals surface area (Å²) in [6.07, 6.45) is 2.27. The Labute approximate surface area is 178 Å². The number of aromatic nitrogens is 8. The number of fused-ring (bicyclic) bond motifs is 2. The number of rotatable bonds is 4. The van der Waals surface area contributed by atoms with Crippen molar-refractivity contribution in [3.63, 3.8) is 0 Å². The van der Waals surface area contributed by atoms with Crippen molar-refractivity contribution in [2.45, 2.75) is 24.5 Å². The zero-order chi connectivity index (χ0) is 22.9. The molecule has 1 fully saturated rings. The van der Waals surface area contributed by atoms with Crippen LogP contribution in [0, 0.1) is 0 Å². The molecule has 0 unspecified atom stereocenters. The molecule has 0 radical (unpaired) electrons. The normalized spacial score (nSPS) is 23.4. The van der Waals surface area contributed by atoms with Crippen LogP contribution in [0.2, 0.25) is 0 Å². The molecule has 0 aromatic carbocycles. The SMILES string of the molecule is Nc1ncnc2c1ncn2[C@@H]1O[C@H](COP(=O)(O)O)[C@@H](O)[C@H]1O.c1ncc2[nH]cnc2n1. The van der Waals surface area contributed by atoms with Crippen molar-refractivity contribution in [1.82, 2.24) is 39.5 Å². The van der Waals surface area contributed by atoms with Crippen molar-refractivity contribution in [3.05, 3.63) is 31.5 Å². The molecule has 5 rings (SSSR count). The second kappa shape index (κ2) is 8.79. The van der Waals surface area contributed by atoms with Crippen molar-refractivity contribution >= 4 is 36.0 Å². The molecule has 4 atom stereocenters. The van der Waals surface area contributed by atoms with E-state index in [1.807, 2.05) is 0 Å². The topological polar surface area (TPSA) is 241 Å². The number of phosphoric ester groups is 1. The summed E-state index contributed by atoms with van der Waals surface area (Å²) in [6.45, 7) is -0.594. The third-order valence-electron chi connectivity index (χ3n) is 4.50. The van der Waals surface area contributed by atoms with Gasteiger partial charge in [-0.15, -0.1) is 0 Å². The molecule has 17 heteroatoms. The average Bonchev–Trinajstić information content (AvgIpc) is 3.46. The average molecular weight is 467 g/mol. The van der Waals surface area contributed by atoms with E-state index in [-0.39, 0.29) is 11.5 Å². The lowest BCUT2D eigenvalue weighted by atomic mass is 10.1. The fourth-order valence-electron chi connectivity index (χ4n) is 3.01. The summed E-state index contributed by atoms with van der Waals surface area (Å²) >= 11 is 0. The van der Waals surface area contributed by atoms with Crippen LogP contribution in [-0.4, -0.2) is 84.4 Å². The number of imidazole rings is 2. The van der Waals surface area contributed by atoms with Gasteiger partial charge < -0.3 is 35.5 Å². The van der Waals surface area contributed by atoms with Crippen LogP contribution in [0.15, 0.2) is 31.5 Å². The van der Waals surface area contributed by atoms with Gasteiger partial charge in [-0.05, 0) is 0 Å². The summed E-state index contributed by atoms with van der Waals surface area (Å²) in [6, 6.07) is 0. The lowest BCUT2D eigenvalue weighted by Gasteiger charge is -2.16. The summed E-state index contributed by atoms with van der Waals surface area (Å²) in [5.41, 5.74) is 7.83. The van der Waals surface area contributed by atoms with Crippen molar-refractivity contribution in [3.8, 4) is 0 Å². The van der Waals surface area contributed by atoms with Crippen LogP contribution >= 0.6 is 7.82 Å². The van der Waals surface area contributed by atoms with E-state index in [4.69, 9.17) is 20.3 Å². The van der Waals surface area contributed by atoms with E-state index >= 15 is 0 Å². The van der Waals surface area contributed by atoms with Gasteiger partial charge in [0.2, 0.25) is 0 Å². The maximum atomic E-state index is 10.7. The number of aliphatic hydroxyl groups excluding tert-OH is 2. The molecule has 0 spiro atoms. The number of H-pyrrole nitrogens is 1. The van der Waals surface area contributed by atoms with E-state index in [1.54, 1.807) is 12.5 Å². The predicted octanol–water partition coefficient (Wildman–Crippen LogP) is -1.51. The Hall–Kier alpha value is -3.11. The van der Waals surface area contributed by atoms with Crippen LogP contribution in [0.4, 0.5) is 5.82 Å². The first-order valence-corrected chi connectivity index (χ1v) is 10.5. The maximum Gasteiger partial charge on any atom is 0.469 e. The van der Waals surface area contributed by atoms with Crippen LogP contribution in [-0.2, 0) is 13.8 Å². The first-order valence-electron chi connectivity index (χ1n) is 8.98. The molecule has 7 N–H and O–H groups in total. The monoisotopic (exact) mass is 467 g/mol. The van der Waals surface area contributed by atoms with Crippen LogP contribution in [0.5, 0.6) is 0 Å². The fraction of sp³-hybridized carbons (Fsp3) is 0.333. The Morgan fingerprint density at radius 3 is 2.72 bits per heavy atom. The van der Waals surface area contributed by atoms with Gasteiger partial charge in [-0.3, -0.25) is 9.09 Å². The van der Waals surface area contributed by atoms with E-state index in [0.717, 1.165) is 5.52 Å². The van der Waals surface area contributed by atoms with Gasteiger partial charge in [0.1, 0.15) is 42.0 Å². The molecule has 0 aliphatic carbocycles. The quantitative estimate of drug-likeness (QED) is 0.187. The van der Waals surface area contributed by atoms with Crippen LogP contribution in [0.25, 0.3) is 22.3 Å². The van der Waals surface area contributed by atoms with Crippen molar-refractivity contribution in [2.75, 3.05) is 12.3 Å². The van der Waals surface area contributed by atoms with Crippen LogP contribution < -0.4 is 5.73 Å². The Kier molecular flexibility index (Phi) is 6.07. The lowest BCUT2D eigenvalue weighted by molar-refractivity contribution is -0.0504. The highest BCUT2D eigenvalue weighted by molar-refractivity contribution is 7.46. The highest BCUT2D eigenvalue weighted by atomic mass is 31.2. The molecular formula is C15H18N9O7P. The fourth-order valence-corrected chi connectivity index (χ4v) is 3.36. The second-order valence-corrected chi connectivity index (χ2v) is 7.82. The van der Waals surface area contributed by atoms with Gasteiger partial charge in [-0.25, -0.2) is 34.5 Å². The predicted molar refractivity (Wildman–Crippen MR) is 105 cm³/mol. The van der Waals surface area contributed by atoms with E-state index < -0.39 is 39.0 Å². The molecule has 4 aromatic rings. The Morgan fingerprint density at radius 2 is 1.97 bits per heavy atom. The van der Waals surface area contributed by atoms with Gasteiger partial charge >= 0.3 is 7.82 Å². The second-order valence-electron chi connectivity index (χ2n) is 6.58. The summed E-state index contributed by atoms with van der Waals surface area (Å²) in [7, 11) is -4.72. The third-order valence-corrected chi connectivity index (χ3v) is 4.99. The molecule has 4 aromatic heterocycles. The third kappa shape index (κ3) is 4.56. The summed E-state index contributed by atoms with van der Waals surface area (Å²) in [4.78, 5) is 43.7. The van der Waals surface area contributed by atoms with Crippen LogP contribution in [0.1, 0.15) is 6.23 Å². The molecule has 32 heavy (non-hydrogen) atoms. The highest BCUT2D eigenvalue weighted by Gasteiger charge is 2.45. The van der Waals surface area contributed by atoms with Gasteiger partial charge in [0.05, 0.1) is 25.5 Å². The number of hydrogen-bond donors (Lipinski definition) is 6. The van der Waals surface area contributed by atoms with Gasteiger partial charge in [0, 0.05) is 0 Å². The van der Waals surface area contributed by atoms with Crippen molar-refractivity contribution < 1.29 is 33.8 Å². The summed E-state index contributed by atoms with van der Waals surface area (Å²) in [5, 5.41) is 20.1. The van der Waals surface area contributed by atoms with Crippen molar-refractivity contribution in [1.29, 1.82) is 0 Å². The van der Waals surface area contributed by atoms with Gasteiger partial charge in [0.15, 0.2) is 23.3 Å². The largest absolute Gasteiger partial charge is 0.469 e. The standard InChI is InChI=1S/C10H14N5O7P.C5H4N4/c11-8-5-9(13-2-12-8)15(3-14-5)10-7(17)6(16)4(22-10)1-21-23(18,19)20;1-4-5(8-2-6-1)9-3-7-4/h2-4,6-7,10,16-17H,1H2,(H2,11,12,13)(H2,18,19,20);1-3H,(H,6,7,8,9)/t4-,6-,7-,10-;/m1./s1. The minimum Gasteiger partial charge on any atom is -0.387 e. The van der Waals surface area contributed by atoms with E-state index in [9.17, 15) is 14.8 Å². The van der Waals surface area contributed by atoms with E-state index in [1.165, 1.54) is 23.5 Å². The zero-order valence-corrected chi connectivity index (χ0v) is 17.0. The molecular weight excluding hydrogens is 449 g/mol. The van der Waals surface area contributed by atoms with E-state index in [0.29, 0.717) is 11.2 Å². The molecule has 5 heterocycles. The molecule has 1 aliphatic heterocycles. The molecule has 0 bridgehead atoms. The summed E-state index contributed by atoms with van der Waals surface area (Å²) < 4.78 is 21.8. The molecule has 16 nitrogen and oxygen atoms in total. The van der Waals surface area contributed by atoms with Gasteiger partial charge in [0.25, 0.3) is 0 Å². The number of aromatic amines is 1. The smallest absolute Gasteiger partial charge is 0.387 e. The van der Waals surface area contributed by atoms with Gasteiger partial charge in [-0.1, -0.05) is 0 Å². The maximum absolute atomic E-state index is 10.7. The number of phosphoric acid groups is 1. The molecule has 1 saturated heterocycles. The number of nitrogens with one attached hydrogen (secondary N) is 1.